The van der Waals surface area contributed by atoms with E-state index in [1.165, 1.54) is 0 Å². The maximum atomic E-state index is 11.1. The molecule has 0 aliphatic carbocycles. The number of ether oxygens (including phenoxy) is 2. The highest BCUT2D eigenvalue weighted by atomic mass is 17.3. The Morgan fingerprint density at radius 1 is 1.00 bits per heavy atom. The lowest BCUT2D eigenvalue weighted by atomic mass is 10.0. The van der Waals surface area contributed by atoms with Crippen molar-refractivity contribution in [3.63, 3.8) is 0 Å². The van der Waals surface area contributed by atoms with E-state index < -0.39 is 12.3 Å². The van der Waals surface area contributed by atoms with Crippen molar-refractivity contribution in [2.75, 3.05) is 13.2 Å². The van der Waals surface area contributed by atoms with Crippen LogP contribution in [0.2, 0.25) is 0 Å². The van der Waals surface area contributed by atoms with Crippen LogP contribution in [0.25, 0.3) is 0 Å². The van der Waals surface area contributed by atoms with Crippen molar-refractivity contribution in [2.24, 2.45) is 5.92 Å². The zero-order chi connectivity index (χ0) is 13.8. The monoisotopic (exact) mass is 262 g/mol. The highest BCUT2D eigenvalue weighted by Gasteiger charge is 2.14. The summed E-state index contributed by atoms with van der Waals surface area (Å²) < 4.78 is 9.22. The van der Waals surface area contributed by atoms with Crippen molar-refractivity contribution in [1.29, 1.82) is 0 Å². The molecular weight excluding hydrogens is 240 g/mol. The van der Waals surface area contributed by atoms with E-state index in [0.29, 0.717) is 5.92 Å². The summed E-state index contributed by atoms with van der Waals surface area (Å²) in [4.78, 5) is 30.0. The van der Waals surface area contributed by atoms with Gasteiger partial charge >= 0.3 is 12.3 Å². The van der Waals surface area contributed by atoms with Crippen molar-refractivity contribution in [3.05, 3.63) is 0 Å². The fourth-order valence-corrected chi connectivity index (χ4v) is 1.32. The van der Waals surface area contributed by atoms with Crippen LogP contribution in [0.1, 0.15) is 46.5 Å². The van der Waals surface area contributed by atoms with Crippen LogP contribution in [0.5, 0.6) is 0 Å². The van der Waals surface area contributed by atoms with Crippen molar-refractivity contribution in [2.45, 2.75) is 46.5 Å². The van der Waals surface area contributed by atoms with E-state index in [1.54, 1.807) is 6.92 Å². The largest absolute Gasteiger partial charge is 0.550 e. The van der Waals surface area contributed by atoms with Crippen molar-refractivity contribution in [1.82, 2.24) is 0 Å². The summed E-state index contributed by atoms with van der Waals surface area (Å²) in [6.07, 6.45) is 2.03. The van der Waals surface area contributed by atoms with Gasteiger partial charge in [0.1, 0.15) is 0 Å². The van der Waals surface area contributed by atoms with Crippen LogP contribution in [0.3, 0.4) is 0 Å². The molecule has 0 spiro atoms. The van der Waals surface area contributed by atoms with Crippen LogP contribution in [-0.2, 0) is 19.2 Å². The van der Waals surface area contributed by atoms with Gasteiger partial charge in [-0.15, -0.1) is 0 Å². The first-order chi connectivity index (χ1) is 8.63. The van der Waals surface area contributed by atoms with E-state index in [-0.39, 0.29) is 13.2 Å². The molecule has 18 heavy (non-hydrogen) atoms. The second kappa shape index (κ2) is 10.7. The SMILES string of the molecule is CCCCC(CC)COC(=O)OOC(=O)OCC. The second-order valence-electron chi connectivity index (χ2n) is 3.83. The minimum atomic E-state index is -1.06. The van der Waals surface area contributed by atoms with Gasteiger partial charge < -0.3 is 9.47 Å². The topological polar surface area (TPSA) is 71.1 Å². The molecule has 0 aliphatic rings. The van der Waals surface area contributed by atoms with Crippen LogP contribution in [0.4, 0.5) is 9.59 Å². The third-order valence-electron chi connectivity index (χ3n) is 2.42. The zero-order valence-corrected chi connectivity index (χ0v) is 11.3. The number of hydrogen-bond acceptors (Lipinski definition) is 6. The zero-order valence-electron chi connectivity index (χ0n) is 11.3. The molecule has 106 valence electrons. The number of unbranched alkanes of at least 4 members (excludes halogenated alkanes) is 1. The number of hydrogen-bond donors (Lipinski definition) is 0. The van der Waals surface area contributed by atoms with Crippen LogP contribution in [0, 0.1) is 5.92 Å². The Morgan fingerprint density at radius 2 is 1.61 bits per heavy atom. The van der Waals surface area contributed by atoms with Gasteiger partial charge in [-0.2, -0.15) is 19.4 Å². The van der Waals surface area contributed by atoms with Gasteiger partial charge in [-0.25, -0.2) is 0 Å². The number of carbonyl (C=O) groups is 2. The highest BCUT2D eigenvalue weighted by molar-refractivity contribution is 5.63. The molecule has 0 aromatic rings. The molecule has 0 fully saturated rings. The Kier molecular flexibility index (Phi) is 9.81. The molecule has 0 radical (unpaired) electrons. The average Bonchev–Trinajstić information content (AvgIpc) is 2.37. The van der Waals surface area contributed by atoms with Crippen molar-refractivity contribution >= 4 is 12.3 Å². The molecule has 6 nitrogen and oxygen atoms in total. The van der Waals surface area contributed by atoms with Gasteiger partial charge in [0.25, 0.3) is 0 Å². The third kappa shape index (κ3) is 8.66. The number of rotatable bonds is 7. The summed E-state index contributed by atoms with van der Waals surface area (Å²) >= 11 is 0. The molecule has 0 aromatic heterocycles. The fourth-order valence-electron chi connectivity index (χ4n) is 1.32. The van der Waals surface area contributed by atoms with Gasteiger partial charge in [0.15, 0.2) is 0 Å². The minimum absolute atomic E-state index is 0.145. The van der Waals surface area contributed by atoms with E-state index in [9.17, 15) is 9.59 Å². The lowest BCUT2D eigenvalue weighted by molar-refractivity contribution is -0.218. The Morgan fingerprint density at radius 3 is 2.11 bits per heavy atom. The lowest BCUT2D eigenvalue weighted by Crippen LogP contribution is -2.17. The molecule has 0 bridgehead atoms. The highest BCUT2D eigenvalue weighted by Crippen LogP contribution is 2.13. The summed E-state index contributed by atoms with van der Waals surface area (Å²) in [5.74, 6) is 0.306. The maximum Gasteiger partial charge on any atom is 0.550 e. The average molecular weight is 262 g/mol. The van der Waals surface area contributed by atoms with E-state index >= 15 is 0 Å². The molecule has 0 heterocycles. The van der Waals surface area contributed by atoms with Gasteiger partial charge in [0.2, 0.25) is 0 Å². The molecular formula is C12H22O6. The van der Waals surface area contributed by atoms with Crippen LogP contribution in [-0.4, -0.2) is 25.5 Å². The molecule has 0 saturated carbocycles. The van der Waals surface area contributed by atoms with Gasteiger partial charge in [0, 0.05) is 0 Å². The van der Waals surface area contributed by atoms with Gasteiger partial charge in [0.05, 0.1) is 13.2 Å². The minimum Gasteiger partial charge on any atom is -0.432 e. The van der Waals surface area contributed by atoms with Gasteiger partial charge in [-0.1, -0.05) is 33.1 Å². The number of carbonyl (C=O) groups excluding carboxylic acids is 2. The Hall–Kier alpha value is -1.46. The molecule has 0 aliphatic heterocycles. The smallest absolute Gasteiger partial charge is 0.432 e. The van der Waals surface area contributed by atoms with Gasteiger partial charge in [-0.05, 0) is 19.3 Å². The van der Waals surface area contributed by atoms with E-state index in [4.69, 9.17) is 4.74 Å². The lowest BCUT2D eigenvalue weighted by Gasteiger charge is -2.13. The van der Waals surface area contributed by atoms with E-state index in [0.717, 1.165) is 25.7 Å². The summed E-state index contributed by atoms with van der Waals surface area (Å²) in [6, 6.07) is 0. The van der Waals surface area contributed by atoms with Crippen molar-refractivity contribution < 1.29 is 28.8 Å². The second-order valence-corrected chi connectivity index (χ2v) is 3.83. The Balaban J connectivity index is 3.70. The summed E-state index contributed by atoms with van der Waals surface area (Å²) in [5, 5.41) is 0. The molecule has 0 rings (SSSR count). The first kappa shape index (κ1) is 16.5. The van der Waals surface area contributed by atoms with E-state index in [1.807, 2.05) is 6.92 Å². The first-order valence-electron chi connectivity index (χ1n) is 6.31. The molecule has 0 aromatic carbocycles. The Labute approximate surface area is 107 Å². The third-order valence-corrected chi connectivity index (χ3v) is 2.42. The molecule has 1 unspecified atom stereocenters. The molecule has 1 atom stereocenters. The quantitative estimate of drug-likeness (QED) is 0.397. The van der Waals surface area contributed by atoms with Crippen LogP contribution in [0.15, 0.2) is 0 Å². The standard InChI is InChI=1S/C12H22O6/c1-4-7-8-10(5-2)9-16-12(14)18-17-11(13)15-6-3/h10H,4-9H2,1-3H3. The molecule has 0 N–H and O–H groups in total. The van der Waals surface area contributed by atoms with Gasteiger partial charge in [-0.3, -0.25) is 0 Å². The predicted octanol–water partition coefficient (Wildman–Crippen LogP) is 3.44. The summed E-state index contributed by atoms with van der Waals surface area (Å²) in [7, 11) is 0. The van der Waals surface area contributed by atoms with Crippen LogP contribution >= 0.6 is 0 Å². The predicted molar refractivity (Wildman–Crippen MR) is 63.8 cm³/mol. The van der Waals surface area contributed by atoms with E-state index in [2.05, 4.69) is 21.4 Å². The van der Waals surface area contributed by atoms with Crippen LogP contribution < -0.4 is 0 Å². The Bertz CT molecular complexity index is 241. The summed E-state index contributed by atoms with van der Waals surface area (Å²) in [5.41, 5.74) is 0. The maximum absolute atomic E-state index is 11.1. The normalized spacial score (nSPS) is 11.5. The molecule has 0 saturated heterocycles. The molecule has 0 amide bonds. The fraction of sp³-hybridized carbons (Fsp3) is 0.833. The first-order valence-corrected chi connectivity index (χ1v) is 6.31. The van der Waals surface area contributed by atoms with Crippen molar-refractivity contribution in [3.8, 4) is 0 Å². The summed E-state index contributed by atoms with van der Waals surface area (Å²) in [6.45, 7) is 6.16. The molecule has 6 heteroatoms.